The molecule has 2 aromatic carbocycles. The van der Waals surface area contributed by atoms with E-state index in [0.717, 1.165) is 11.1 Å². The maximum atomic E-state index is 12.0. The van der Waals surface area contributed by atoms with Gasteiger partial charge in [0.15, 0.2) is 0 Å². The van der Waals surface area contributed by atoms with Gasteiger partial charge in [0.05, 0.1) is 5.71 Å². The molecule has 2 aromatic rings. The monoisotopic (exact) mass is 301 g/mol. The van der Waals surface area contributed by atoms with E-state index in [2.05, 4.69) is 11.7 Å². The summed E-state index contributed by atoms with van der Waals surface area (Å²) in [6.45, 7) is 5.30. The minimum absolute atomic E-state index is 0.0534. The highest BCUT2D eigenvalue weighted by Crippen LogP contribution is 2.15. The second-order valence-electron chi connectivity index (χ2n) is 4.34. The Morgan fingerprint density at radius 2 is 1.71 bits per heavy atom. The Morgan fingerprint density at radius 3 is 2.29 bits per heavy atom. The summed E-state index contributed by atoms with van der Waals surface area (Å²) in [7, 11) is -3.91. The first-order chi connectivity index (χ1) is 10.0. The van der Waals surface area contributed by atoms with E-state index >= 15 is 0 Å². The molecular formula is C16H15NO3S. The normalized spacial score (nSPS) is 12.0. The summed E-state index contributed by atoms with van der Waals surface area (Å²) in [6.07, 6.45) is 1.63. The van der Waals surface area contributed by atoms with Crippen LogP contribution in [-0.4, -0.2) is 14.1 Å². The SMILES string of the molecule is C=Cc1ccc(S(=O)(=O)ON=C(C)c2ccccc2)cc1. The molecule has 0 fully saturated rings. The summed E-state index contributed by atoms with van der Waals surface area (Å²) < 4.78 is 28.8. The van der Waals surface area contributed by atoms with E-state index in [-0.39, 0.29) is 4.90 Å². The molecule has 0 heterocycles. The average molecular weight is 301 g/mol. The van der Waals surface area contributed by atoms with Gasteiger partial charge in [-0.1, -0.05) is 60.3 Å². The lowest BCUT2D eigenvalue weighted by molar-refractivity contribution is 0.339. The first kappa shape index (κ1) is 15.0. The molecule has 0 unspecified atom stereocenters. The number of benzene rings is 2. The summed E-state index contributed by atoms with van der Waals surface area (Å²) in [5.74, 6) is 0. The lowest BCUT2D eigenvalue weighted by Gasteiger charge is -2.04. The fourth-order valence-electron chi connectivity index (χ4n) is 1.65. The van der Waals surface area contributed by atoms with Crippen molar-refractivity contribution in [3.8, 4) is 0 Å². The van der Waals surface area contributed by atoms with Crippen molar-refractivity contribution >= 4 is 21.9 Å². The zero-order valence-electron chi connectivity index (χ0n) is 11.6. The van der Waals surface area contributed by atoms with Crippen LogP contribution in [0, 0.1) is 0 Å². The number of rotatable bonds is 5. The number of nitrogens with zero attached hydrogens (tertiary/aromatic N) is 1. The Hall–Kier alpha value is -2.40. The molecule has 0 amide bonds. The number of oxime groups is 1. The van der Waals surface area contributed by atoms with Crippen molar-refractivity contribution in [3.63, 3.8) is 0 Å². The first-order valence-corrected chi connectivity index (χ1v) is 7.70. The van der Waals surface area contributed by atoms with Gasteiger partial charge in [-0.05, 0) is 30.2 Å². The van der Waals surface area contributed by atoms with Crippen molar-refractivity contribution in [1.82, 2.24) is 0 Å². The van der Waals surface area contributed by atoms with Gasteiger partial charge in [-0.25, -0.2) is 0 Å². The molecule has 0 aliphatic heterocycles. The van der Waals surface area contributed by atoms with Crippen LogP contribution in [0.15, 0.2) is 71.2 Å². The van der Waals surface area contributed by atoms with Crippen LogP contribution in [0.4, 0.5) is 0 Å². The zero-order chi connectivity index (χ0) is 15.3. The third-order valence-corrected chi connectivity index (χ3v) is 3.99. The van der Waals surface area contributed by atoms with Crippen molar-refractivity contribution < 1.29 is 12.7 Å². The first-order valence-electron chi connectivity index (χ1n) is 6.29. The van der Waals surface area contributed by atoms with Crippen LogP contribution in [0.5, 0.6) is 0 Å². The van der Waals surface area contributed by atoms with Gasteiger partial charge < -0.3 is 0 Å². The molecule has 0 radical (unpaired) electrons. The Morgan fingerprint density at radius 1 is 1.10 bits per heavy atom. The Kier molecular flexibility index (Phi) is 4.55. The molecule has 0 aromatic heterocycles. The third kappa shape index (κ3) is 3.79. The topological polar surface area (TPSA) is 55.7 Å². The highest BCUT2D eigenvalue weighted by atomic mass is 32.2. The maximum Gasteiger partial charge on any atom is 0.358 e. The highest BCUT2D eigenvalue weighted by molar-refractivity contribution is 7.86. The Balaban J connectivity index is 2.19. The molecule has 0 saturated carbocycles. The van der Waals surface area contributed by atoms with Crippen LogP contribution in [0.3, 0.4) is 0 Å². The fourth-order valence-corrected chi connectivity index (χ4v) is 2.42. The summed E-state index contributed by atoms with van der Waals surface area (Å²) in [5, 5.41) is 3.69. The van der Waals surface area contributed by atoms with E-state index in [1.54, 1.807) is 25.1 Å². The fraction of sp³-hybridized carbons (Fsp3) is 0.0625. The quantitative estimate of drug-likeness (QED) is 0.627. The van der Waals surface area contributed by atoms with E-state index in [9.17, 15) is 8.42 Å². The van der Waals surface area contributed by atoms with Crippen LogP contribution in [0.1, 0.15) is 18.1 Å². The van der Waals surface area contributed by atoms with Gasteiger partial charge in [-0.3, -0.25) is 4.28 Å². The van der Waals surface area contributed by atoms with Crippen LogP contribution in [0.2, 0.25) is 0 Å². The lowest BCUT2D eigenvalue weighted by atomic mass is 10.1. The van der Waals surface area contributed by atoms with Crippen molar-refractivity contribution in [2.45, 2.75) is 11.8 Å². The second-order valence-corrected chi connectivity index (χ2v) is 5.87. The second kappa shape index (κ2) is 6.37. The predicted octanol–water partition coefficient (Wildman–Crippen LogP) is 3.46. The van der Waals surface area contributed by atoms with Gasteiger partial charge >= 0.3 is 10.1 Å². The maximum absolute atomic E-state index is 12.0. The van der Waals surface area contributed by atoms with E-state index < -0.39 is 10.1 Å². The molecule has 0 spiro atoms. The van der Waals surface area contributed by atoms with E-state index in [1.807, 2.05) is 30.3 Å². The summed E-state index contributed by atoms with van der Waals surface area (Å²) >= 11 is 0. The van der Waals surface area contributed by atoms with Crippen molar-refractivity contribution in [1.29, 1.82) is 0 Å². The third-order valence-electron chi connectivity index (χ3n) is 2.87. The molecule has 2 rings (SSSR count). The minimum atomic E-state index is -3.91. The van der Waals surface area contributed by atoms with E-state index in [1.165, 1.54) is 12.1 Å². The molecule has 0 aliphatic carbocycles. The Bertz CT molecular complexity index is 748. The summed E-state index contributed by atoms with van der Waals surface area (Å²) in [6, 6.07) is 15.4. The van der Waals surface area contributed by atoms with Crippen molar-refractivity contribution in [2.75, 3.05) is 0 Å². The van der Waals surface area contributed by atoms with E-state index in [0.29, 0.717) is 5.71 Å². The molecule has 5 heteroatoms. The standard InChI is InChI=1S/C16H15NO3S/c1-3-14-9-11-16(12-10-14)21(18,19)20-17-13(2)15-7-5-4-6-8-15/h3-12H,1H2,2H3. The van der Waals surface area contributed by atoms with Crippen LogP contribution >= 0.6 is 0 Å². The van der Waals surface area contributed by atoms with Crippen LogP contribution in [-0.2, 0) is 14.4 Å². The molecule has 21 heavy (non-hydrogen) atoms. The number of hydrogen-bond acceptors (Lipinski definition) is 4. The Labute approximate surface area is 124 Å². The molecular weight excluding hydrogens is 286 g/mol. The average Bonchev–Trinajstić information content (AvgIpc) is 2.53. The van der Waals surface area contributed by atoms with Gasteiger partial charge in [0, 0.05) is 0 Å². The van der Waals surface area contributed by atoms with Crippen LogP contribution in [0.25, 0.3) is 6.08 Å². The smallest absolute Gasteiger partial charge is 0.265 e. The highest BCUT2D eigenvalue weighted by Gasteiger charge is 2.15. The summed E-state index contributed by atoms with van der Waals surface area (Å²) in [4.78, 5) is 0.0534. The van der Waals surface area contributed by atoms with Gasteiger partial charge in [-0.15, -0.1) is 0 Å². The molecule has 0 saturated heterocycles. The molecule has 108 valence electrons. The molecule has 4 nitrogen and oxygen atoms in total. The molecule has 0 N–H and O–H groups in total. The van der Waals surface area contributed by atoms with Gasteiger partial charge in [-0.2, -0.15) is 8.42 Å². The van der Waals surface area contributed by atoms with E-state index in [4.69, 9.17) is 4.28 Å². The predicted molar refractivity (Wildman–Crippen MR) is 83.5 cm³/mol. The number of hydrogen-bond donors (Lipinski definition) is 0. The van der Waals surface area contributed by atoms with Crippen molar-refractivity contribution in [2.24, 2.45) is 5.16 Å². The lowest BCUT2D eigenvalue weighted by Crippen LogP contribution is -2.05. The zero-order valence-corrected chi connectivity index (χ0v) is 12.4. The molecule has 0 atom stereocenters. The van der Waals surface area contributed by atoms with Crippen molar-refractivity contribution in [3.05, 3.63) is 72.3 Å². The molecule has 0 aliphatic rings. The minimum Gasteiger partial charge on any atom is -0.265 e. The van der Waals surface area contributed by atoms with Crippen LogP contribution < -0.4 is 0 Å². The van der Waals surface area contributed by atoms with Gasteiger partial charge in [0.25, 0.3) is 0 Å². The molecule has 0 bridgehead atoms. The largest absolute Gasteiger partial charge is 0.358 e. The van der Waals surface area contributed by atoms with Gasteiger partial charge in [0.1, 0.15) is 4.90 Å². The summed E-state index contributed by atoms with van der Waals surface area (Å²) in [5.41, 5.74) is 2.12. The van der Waals surface area contributed by atoms with Gasteiger partial charge in [0.2, 0.25) is 0 Å².